The number of rotatable bonds is 4. The van der Waals surface area contributed by atoms with E-state index in [0.29, 0.717) is 0 Å². The average Bonchev–Trinajstić information content (AvgIpc) is 2.15. The minimum absolute atomic E-state index is 0.0297. The van der Waals surface area contributed by atoms with Crippen LogP contribution in [0, 0.1) is 0 Å². The number of hydrogen-bond donors (Lipinski definition) is 0. The number of esters is 2. The summed E-state index contributed by atoms with van der Waals surface area (Å²) in [6.07, 6.45) is -3.67. The molecule has 16 heavy (non-hydrogen) atoms. The van der Waals surface area contributed by atoms with Crippen molar-refractivity contribution in [1.29, 1.82) is 0 Å². The first kappa shape index (κ1) is 14.5. The van der Waals surface area contributed by atoms with Crippen molar-refractivity contribution in [1.82, 2.24) is 0 Å². The fourth-order valence-electron chi connectivity index (χ4n) is 0.686. The molecule has 0 aromatic carbocycles. The molecule has 0 aliphatic heterocycles. The lowest BCUT2D eigenvalue weighted by atomic mass is 10.4. The van der Waals surface area contributed by atoms with Crippen LogP contribution in [-0.2, 0) is 19.1 Å². The second-order valence-corrected chi connectivity index (χ2v) is 2.59. The van der Waals surface area contributed by atoms with Gasteiger partial charge in [0.25, 0.3) is 0 Å². The Morgan fingerprint density at radius 2 is 1.75 bits per heavy atom. The Morgan fingerprint density at radius 3 is 2.25 bits per heavy atom. The molecule has 0 spiro atoms. The highest BCUT2D eigenvalue weighted by Gasteiger charge is 2.21. The average molecular weight is 240 g/mol. The summed E-state index contributed by atoms with van der Waals surface area (Å²) in [6.45, 7) is 1.24. The predicted molar refractivity (Wildman–Crippen MR) is 47.4 cm³/mol. The number of allylic oxidation sites excluding steroid dienone is 1. The number of ether oxygens (including phenoxy) is 2. The molecule has 0 saturated carbocycles. The predicted octanol–water partition coefficient (Wildman–Crippen LogP) is 1.60. The van der Waals surface area contributed by atoms with Crippen molar-refractivity contribution in [3.63, 3.8) is 0 Å². The second-order valence-electron chi connectivity index (χ2n) is 2.59. The Morgan fingerprint density at radius 1 is 1.19 bits per heavy atom. The van der Waals surface area contributed by atoms with Crippen LogP contribution in [0.4, 0.5) is 13.2 Å². The fraction of sp³-hybridized carbons (Fsp3) is 0.556. The smallest absolute Gasteiger partial charge is 0.417 e. The van der Waals surface area contributed by atoms with E-state index in [-0.39, 0.29) is 25.7 Å². The van der Waals surface area contributed by atoms with Gasteiger partial charge in [-0.2, -0.15) is 13.2 Å². The molecule has 0 unspecified atom stereocenters. The highest BCUT2D eigenvalue weighted by molar-refractivity contribution is 6.29. The van der Waals surface area contributed by atoms with Crippen LogP contribution in [0.25, 0.3) is 0 Å². The first-order chi connectivity index (χ1) is 7.37. The van der Waals surface area contributed by atoms with Crippen LogP contribution in [0.3, 0.4) is 0 Å². The van der Waals surface area contributed by atoms with Crippen LogP contribution in [0.15, 0.2) is 12.2 Å². The number of alkyl halides is 3. The summed E-state index contributed by atoms with van der Waals surface area (Å²) in [5, 5.41) is 0. The SMILES string of the molecule is CCOC(=O)C(=O)OCC/C=C/C(F)(F)F. The molecule has 0 bridgehead atoms. The molecular weight excluding hydrogens is 229 g/mol. The Kier molecular flexibility index (Phi) is 6.21. The highest BCUT2D eigenvalue weighted by Crippen LogP contribution is 2.15. The van der Waals surface area contributed by atoms with Gasteiger partial charge in [-0.1, -0.05) is 6.08 Å². The van der Waals surface area contributed by atoms with E-state index < -0.39 is 18.1 Å². The number of carbonyl (C=O) groups is 2. The molecule has 0 radical (unpaired) electrons. The van der Waals surface area contributed by atoms with Crippen LogP contribution < -0.4 is 0 Å². The van der Waals surface area contributed by atoms with Gasteiger partial charge in [0.1, 0.15) is 0 Å². The normalized spacial score (nSPS) is 11.5. The molecule has 92 valence electrons. The van der Waals surface area contributed by atoms with Gasteiger partial charge in [-0.25, -0.2) is 9.59 Å². The van der Waals surface area contributed by atoms with Gasteiger partial charge >= 0.3 is 18.1 Å². The van der Waals surface area contributed by atoms with E-state index in [1.54, 1.807) is 0 Å². The molecule has 0 saturated heterocycles. The Hall–Kier alpha value is -1.53. The van der Waals surface area contributed by atoms with Crippen molar-refractivity contribution in [2.45, 2.75) is 19.5 Å². The molecule has 0 N–H and O–H groups in total. The van der Waals surface area contributed by atoms with Gasteiger partial charge in [-0.15, -0.1) is 0 Å². The standard InChI is InChI=1S/C9H11F3O4/c1-2-15-7(13)8(14)16-6-4-3-5-9(10,11)12/h3,5H,2,4,6H2,1H3/b5-3+. The van der Waals surface area contributed by atoms with E-state index in [2.05, 4.69) is 9.47 Å². The Bertz CT molecular complexity index is 270. The number of halogens is 3. The lowest BCUT2D eigenvalue weighted by molar-refractivity contribution is -0.167. The molecule has 0 fully saturated rings. The van der Waals surface area contributed by atoms with E-state index in [1.165, 1.54) is 6.92 Å². The van der Waals surface area contributed by atoms with Crippen molar-refractivity contribution in [2.24, 2.45) is 0 Å². The van der Waals surface area contributed by atoms with Gasteiger partial charge < -0.3 is 9.47 Å². The quantitative estimate of drug-likeness (QED) is 0.324. The van der Waals surface area contributed by atoms with Gasteiger partial charge in [0, 0.05) is 6.08 Å². The van der Waals surface area contributed by atoms with E-state index in [0.717, 1.165) is 6.08 Å². The maximum Gasteiger partial charge on any atom is 0.417 e. The molecular formula is C9H11F3O4. The third kappa shape index (κ3) is 7.84. The lowest BCUT2D eigenvalue weighted by Gasteiger charge is -2.02. The molecule has 0 atom stereocenters. The van der Waals surface area contributed by atoms with Crippen LogP contribution in [0.1, 0.15) is 13.3 Å². The first-order valence-electron chi connectivity index (χ1n) is 4.45. The van der Waals surface area contributed by atoms with E-state index in [4.69, 9.17) is 0 Å². The molecule has 0 aliphatic rings. The summed E-state index contributed by atoms with van der Waals surface area (Å²) in [4.78, 5) is 21.4. The molecule has 0 aromatic rings. The Labute approximate surface area is 90.0 Å². The van der Waals surface area contributed by atoms with Gasteiger partial charge in [0.2, 0.25) is 0 Å². The van der Waals surface area contributed by atoms with E-state index >= 15 is 0 Å². The molecule has 7 heteroatoms. The van der Waals surface area contributed by atoms with Crippen molar-refractivity contribution in [2.75, 3.05) is 13.2 Å². The minimum atomic E-state index is -4.38. The summed E-state index contributed by atoms with van der Waals surface area (Å²) in [5.74, 6) is -2.36. The zero-order chi connectivity index (χ0) is 12.6. The van der Waals surface area contributed by atoms with Crippen LogP contribution in [0.5, 0.6) is 0 Å². The maximum atomic E-state index is 11.6. The van der Waals surface area contributed by atoms with Gasteiger partial charge in [0.15, 0.2) is 0 Å². The van der Waals surface area contributed by atoms with Gasteiger partial charge in [-0.3, -0.25) is 0 Å². The molecule has 0 aromatic heterocycles. The largest absolute Gasteiger partial charge is 0.458 e. The first-order valence-corrected chi connectivity index (χ1v) is 4.45. The van der Waals surface area contributed by atoms with Crippen molar-refractivity contribution < 1.29 is 32.2 Å². The summed E-state index contributed by atoms with van der Waals surface area (Å²) in [5.41, 5.74) is 0. The summed E-state index contributed by atoms with van der Waals surface area (Å²) in [6, 6.07) is 0. The number of carbonyl (C=O) groups excluding carboxylic acids is 2. The monoisotopic (exact) mass is 240 g/mol. The van der Waals surface area contributed by atoms with Gasteiger partial charge in [-0.05, 0) is 13.3 Å². The zero-order valence-corrected chi connectivity index (χ0v) is 8.54. The molecule has 0 heterocycles. The van der Waals surface area contributed by atoms with E-state index in [1.807, 2.05) is 0 Å². The molecule has 0 rings (SSSR count). The van der Waals surface area contributed by atoms with E-state index in [9.17, 15) is 22.8 Å². The number of hydrogen-bond acceptors (Lipinski definition) is 4. The zero-order valence-electron chi connectivity index (χ0n) is 8.54. The van der Waals surface area contributed by atoms with Crippen molar-refractivity contribution in [3.05, 3.63) is 12.2 Å². The molecule has 0 amide bonds. The maximum absolute atomic E-state index is 11.6. The van der Waals surface area contributed by atoms with Crippen LogP contribution >= 0.6 is 0 Å². The van der Waals surface area contributed by atoms with Gasteiger partial charge in [0.05, 0.1) is 13.2 Å². The van der Waals surface area contributed by atoms with Crippen molar-refractivity contribution in [3.8, 4) is 0 Å². The Balaban J connectivity index is 3.71. The topological polar surface area (TPSA) is 52.6 Å². The molecule has 4 nitrogen and oxygen atoms in total. The molecule has 0 aliphatic carbocycles. The summed E-state index contributed by atoms with van der Waals surface area (Å²) in [7, 11) is 0. The van der Waals surface area contributed by atoms with Crippen molar-refractivity contribution >= 4 is 11.9 Å². The lowest BCUT2D eigenvalue weighted by Crippen LogP contribution is -2.20. The minimum Gasteiger partial charge on any atom is -0.458 e. The highest BCUT2D eigenvalue weighted by atomic mass is 19.4. The third-order valence-corrected chi connectivity index (χ3v) is 1.27. The fourth-order valence-corrected chi connectivity index (χ4v) is 0.686. The third-order valence-electron chi connectivity index (χ3n) is 1.27. The second kappa shape index (κ2) is 6.86. The van der Waals surface area contributed by atoms with Crippen LogP contribution in [0.2, 0.25) is 0 Å². The van der Waals surface area contributed by atoms with Crippen LogP contribution in [-0.4, -0.2) is 31.3 Å². The summed E-state index contributed by atoms with van der Waals surface area (Å²) >= 11 is 0. The summed E-state index contributed by atoms with van der Waals surface area (Å²) < 4.78 is 43.4.